The summed E-state index contributed by atoms with van der Waals surface area (Å²) in [4.78, 5) is 16.9. The van der Waals surface area contributed by atoms with Crippen molar-refractivity contribution in [3.05, 3.63) is 35.9 Å². The van der Waals surface area contributed by atoms with Crippen LogP contribution in [0.4, 0.5) is 5.13 Å². The molecule has 0 atom stereocenters. The third kappa shape index (κ3) is 3.41. The minimum Gasteiger partial charge on any atom is -0.497 e. The van der Waals surface area contributed by atoms with E-state index in [1.807, 2.05) is 12.1 Å². The van der Waals surface area contributed by atoms with Crippen molar-refractivity contribution in [1.82, 2.24) is 10.4 Å². The zero-order valence-electron chi connectivity index (χ0n) is 14.7. The number of aromatic nitrogens is 1. The second-order valence-electron chi connectivity index (χ2n) is 5.63. The van der Waals surface area contributed by atoms with Gasteiger partial charge in [0.1, 0.15) is 24.7 Å². The van der Waals surface area contributed by atoms with Gasteiger partial charge in [0.2, 0.25) is 5.13 Å². The Morgan fingerprint density at radius 3 is 2.63 bits per heavy atom. The molecule has 1 amide bonds. The molecule has 3 aromatic rings. The molecule has 0 bridgehead atoms. The highest BCUT2D eigenvalue weighted by molar-refractivity contribution is 7.22. The summed E-state index contributed by atoms with van der Waals surface area (Å²) < 4.78 is 22.5. The number of thiazole rings is 1. The SMILES string of the molecule is COc1ccc(C(=O)NNc2nc3cc4c(cc3s2)OCCO4)c(OC)c1. The Morgan fingerprint density at radius 1 is 1.11 bits per heavy atom. The van der Waals surface area contributed by atoms with Gasteiger partial charge in [-0.2, -0.15) is 0 Å². The fourth-order valence-corrected chi connectivity index (χ4v) is 3.51. The Kier molecular flexibility index (Phi) is 4.59. The van der Waals surface area contributed by atoms with Crippen LogP contribution in [0.3, 0.4) is 0 Å². The highest BCUT2D eigenvalue weighted by Crippen LogP contribution is 2.37. The van der Waals surface area contributed by atoms with Crippen molar-refractivity contribution in [2.24, 2.45) is 0 Å². The second-order valence-corrected chi connectivity index (χ2v) is 6.66. The maximum atomic E-state index is 12.5. The molecule has 2 N–H and O–H groups in total. The summed E-state index contributed by atoms with van der Waals surface area (Å²) in [5.74, 6) is 2.06. The molecular weight excluding hydrogens is 370 g/mol. The van der Waals surface area contributed by atoms with Crippen LogP contribution < -0.4 is 29.8 Å². The molecule has 27 heavy (non-hydrogen) atoms. The topological polar surface area (TPSA) is 90.9 Å². The van der Waals surface area contributed by atoms with Crippen molar-refractivity contribution in [2.75, 3.05) is 32.9 Å². The number of hydrazine groups is 1. The molecule has 1 aromatic heterocycles. The van der Waals surface area contributed by atoms with Crippen molar-refractivity contribution in [3.63, 3.8) is 0 Å². The first-order valence-corrected chi connectivity index (χ1v) is 8.98. The number of carbonyl (C=O) groups excluding carboxylic acids is 1. The van der Waals surface area contributed by atoms with Gasteiger partial charge in [-0.25, -0.2) is 4.98 Å². The van der Waals surface area contributed by atoms with Gasteiger partial charge in [-0.3, -0.25) is 15.6 Å². The van der Waals surface area contributed by atoms with E-state index in [1.54, 1.807) is 25.3 Å². The quantitative estimate of drug-likeness (QED) is 0.651. The summed E-state index contributed by atoms with van der Waals surface area (Å²) in [6.45, 7) is 1.05. The predicted molar refractivity (Wildman–Crippen MR) is 101 cm³/mol. The van der Waals surface area contributed by atoms with Crippen LogP contribution in [-0.2, 0) is 0 Å². The van der Waals surface area contributed by atoms with Gasteiger partial charge < -0.3 is 18.9 Å². The zero-order valence-corrected chi connectivity index (χ0v) is 15.5. The second kappa shape index (κ2) is 7.20. The van der Waals surface area contributed by atoms with Gasteiger partial charge in [-0.15, -0.1) is 0 Å². The van der Waals surface area contributed by atoms with E-state index in [9.17, 15) is 4.79 Å². The lowest BCUT2D eigenvalue weighted by Crippen LogP contribution is -2.29. The van der Waals surface area contributed by atoms with Gasteiger partial charge in [-0.05, 0) is 12.1 Å². The summed E-state index contributed by atoms with van der Waals surface area (Å²) in [6, 6.07) is 8.70. The highest BCUT2D eigenvalue weighted by atomic mass is 32.1. The Labute approximate surface area is 159 Å². The van der Waals surface area contributed by atoms with E-state index < -0.39 is 0 Å². The summed E-state index contributed by atoms with van der Waals surface area (Å²) in [5.41, 5.74) is 6.62. The van der Waals surface area contributed by atoms with Crippen molar-refractivity contribution in [1.29, 1.82) is 0 Å². The molecule has 0 fully saturated rings. The third-order valence-electron chi connectivity index (χ3n) is 3.99. The standard InChI is InChI=1S/C18H17N3O5S/c1-23-10-3-4-11(13(7-10)24-2)17(22)20-21-18-19-12-8-14-15(9-16(12)27-18)26-6-5-25-14/h3-4,7-9H,5-6H2,1-2H3,(H,19,21)(H,20,22). The molecule has 0 radical (unpaired) electrons. The highest BCUT2D eigenvalue weighted by Gasteiger charge is 2.16. The average molecular weight is 387 g/mol. The minimum absolute atomic E-state index is 0.347. The molecule has 0 aliphatic carbocycles. The number of anilines is 1. The van der Waals surface area contributed by atoms with Crippen LogP contribution in [0.2, 0.25) is 0 Å². The Bertz CT molecular complexity index is 961. The fourth-order valence-electron chi connectivity index (χ4n) is 2.68. The third-order valence-corrected chi connectivity index (χ3v) is 4.92. The lowest BCUT2D eigenvalue weighted by Gasteiger charge is -2.17. The molecule has 0 saturated heterocycles. The molecule has 0 spiro atoms. The van der Waals surface area contributed by atoms with E-state index in [1.165, 1.54) is 18.4 Å². The first kappa shape index (κ1) is 17.2. The van der Waals surface area contributed by atoms with Crippen LogP contribution in [0, 0.1) is 0 Å². The maximum absolute atomic E-state index is 12.5. The molecule has 9 heteroatoms. The molecule has 0 unspecified atom stereocenters. The lowest BCUT2D eigenvalue weighted by atomic mass is 10.2. The number of fused-ring (bicyclic) bond motifs is 2. The van der Waals surface area contributed by atoms with E-state index >= 15 is 0 Å². The molecule has 8 nitrogen and oxygen atoms in total. The number of hydrogen-bond acceptors (Lipinski definition) is 8. The van der Waals surface area contributed by atoms with E-state index in [-0.39, 0.29) is 5.91 Å². The molecule has 4 rings (SSSR count). The smallest absolute Gasteiger partial charge is 0.273 e. The van der Waals surface area contributed by atoms with Gasteiger partial charge in [0.05, 0.1) is 30.0 Å². The fraction of sp³-hybridized carbons (Fsp3) is 0.222. The van der Waals surface area contributed by atoms with Gasteiger partial charge in [-0.1, -0.05) is 11.3 Å². The number of amides is 1. The molecule has 2 heterocycles. The van der Waals surface area contributed by atoms with Gasteiger partial charge in [0, 0.05) is 18.2 Å². The molecule has 140 valence electrons. The van der Waals surface area contributed by atoms with Gasteiger partial charge >= 0.3 is 0 Å². The predicted octanol–water partition coefficient (Wildman–Crippen LogP) is 2.84. The van der Waals surface area contributed by atoms with Crippen LogP contribution in [0.15, 0.2) is 30.3 Å². The average Bonchev–Trinajstić information content (AvgIpc) is 3.11. The van der Waals surface area contributed by atoms with Crippen LogP contribution in [0.1, 0.15) is 10.4 Å². The number of benzene rings is 2. The van der Waals surface area contributed by atoms with E-state index in [0.29, 0.717) is 46.9 Å². The van der Waals surface area contributed by atoms with Crippen molar-refractivity contribution in [3.8, 4) is 23.0 Å². The number of carbonyl (C=O) groups is 1. The number of nitrogens with one attached hydrogen (secondary N) is 2. The first-order valence-electron chi connectivity index (χ1n) is 8.16. The molecule has 2 aromatic carbocycles. The van der Waals surface area contributed by atoms with Crippen molar-refractivity contribution in [2.45, 2.75) is 0 Å². The first-order chi connectivity index (χ1) is 13.2. The number of nitrogens with zero attached hydrogens (tertiary/aromatic N) is 1. The number of ether oxygens (including phenoxy) is 4. The van der Waals surface area contributed by atoms with E-state index in [4.69, 9.17) is 18.9 Å². The Hall–Kier alpha value is -3.20. The van der Waals surface area contributed by atoms with Crippen molar-refractivity contribution >= 4 is 32.6 Å². The van der Waals surface area contributed by atoms with Gasteiger partial charge in [0.15, 0.2) is 11.5 Å². The Morgan fingerprint density at radius 2 is 1.89 bits per heavy atom. The monoisotopic (exact) mass is 387 g/mol. The molecule has 0 saturated carbocycles. The zero-order chi connectivity index (χ0) is 18.8. The maximum Gasteiger partial charge on any atom is 0.273 e. The van der Waals surface area contributed by atoms with E-state index in [0.717, 1.165) is 10.2 Å². The number of methoxy groups -OCH3 is 2. The molecular formula is C18H17N3O5S. The molecule has 1 aliphatic rings. The van der Waals surface area contributed by atoms with Crippen LogP contribution in [0.5, 0.6) is 23.0 Å². The van der Waals surface area contributed by atoms with Crippen LogP contribution in [0.25, 0.3) is 10.2 Å². The van der Waals surface area contributed by atoms with Crippen LogP contribution in [-0.4, -0.2) is 38.3 Å². The normalized spacial score (nSPS) is 12.5. The number of hydrogen-bond donors (Lipinski definition) is 2. The lowest BCUT2D eigenvalue weighted by molar-refractivity contribution is 0.0959. The van der Waals surface area contributed by atoms with Gasteiger partial charge in [0.25, 0.3) is 5.91 Å². The summed E-state index contributed by atoms with van der Waals surface area (Å²) in [7, 11) is 3.05. The summed E-state index contributed by atoms with van der Waals surface area (Å²) >= 11 is 1.40. The summed E-state index contributed by atoms with van der Waals surface area (Å²) in [6.07, 6.45) is 0. The number of rotatable bonds is 5. The summed E-state index contributed by atoms with van der Waals surface area (Å²) in [5, 5.41) is 0.549. The minimum atomic E-state index is -0.347. The Balaban J connectivity index is 1.50. The molecule has 1 aliphatic heterocycles. The van der Waals surface area contributed by atoms with Crippen LogP contribution >= 0.6 is 11.3 Å². The largest absolute Gasteiger partial charge is 0.497 e. The van der Waals surface area contributed by atoms with E-state index in [2.05, 4.69) is 15.8 Å². The van der Waals surface area contributed by atoms with Crippen molar-refractivity contribution < 1.29 is 23.7 Å².